The Morgan fingerprint density at radius 3 is 2.71 bits per heavy atom. The Labute approximate surface area is 209 Å². The summed E-state index contributed by atoms with van der Waals surface area (Å²) < 4.78 is 13.2. The molecule has 0 unspecified atom stereocenters. The van der Waals surface area contributed by atoms with Crippen molar-refractivity contribution in [2.75, 3.05) is 19.7 Å². The van der Waals surface area contributed by atoms with Gasteiger partial charge in [-0.1, -0.05) is 50.3 Å². The number of ether oxygens (including phenoxy) is 2. The fourth-order valence-electron chi connectivity index (χ4n) is 7.25. The van der Waals surface area contributed by atoms with E-state index in [2.05, 4.69) is 17.9 Å². The van der Waals surface area contributed by atoms with Crippen molar-refractivity contribution in [1.29, 1.82) is 0 Å². The van der Waals surface area contributed by atoms with Gasteiger partial charge in [0.05, 0.1) is 12.7 Å². The number of fused-ring (bicyclic) bond motifs is 3. The standard InChI is InChI=1S/C29H41NO5/c1-28(16-14-26(32)33)23-18-29(20-34-27(23)22-10-5-6-11-24(22)35-28)15-7-17-30(19-29)25(31)13-12-21-8-3-2-4-9-21/h5-6,10-11,21,23,27H,2-4,7-9,12-20H2,1H3,(H,32,33)/t23-,27+,28-,29-/m1/s1. The maximum absolute atomic E-state index is 13.2. The van der Waals surface area contributed by atoms with Crippen molar-refractivity contribution in [3.8, 4) is 5.75 Å². The molecule has 1 aromatic carbocycles. The summed E-state index contributed by atoms with van der Waals surface area (Å²) >= 11 is 0. The van der Waals surface area contributed by atoms with Crippen molar-refractivity contribution >= 4 is 11.9 Å². The highest BCUT2D eigenvalue weighted by molar-refractivity contribution is 5.76. The van der Waals surface area contributed by atoms with Crippen LogP contribution >= 0.6 is 0 Å². The van der Waals surface area contributed by atoms with Crippen LogP contribution in [0.3, 0.4) is 0 Å². The van der Waals surface area contributed by atoms with E-state index in [9.17, 15) is 14.7 Å². The first-order chi connectivity index (χ1) is 16.9. The van der Waals surface area contributed by atoms with Gasteiger partial charge in [0.25, 0.3) is 0 Å². The zero-order valence-electron chi connectivity index (χ0n) is 21.2. The fourth-order valence-corrected chi connectivity index (χ4v) is 7.25. The molecule has 0 bridgehead atoms. The first-order valence-electron chi connectivity index (χ1n) is 13.8. The SMILES string of the molecule is C[C@]1(CCC(=O)O)Oc2ccccc2[C@@H]2OC[C@]3(CCCN(C(=O)CCC4CCCCC4)C3)C[C@H]21. The Hall–Kier alpha value is -2.08. The molecule has 1 aliphatic carbocycles. The Morgan fingerprint density at radius 2 is 1.91 bits per heavy atom. The minimum absolute atomic E-state index is 0.0581. The van der Waals surface area contributed by atoms with Crippen LogP contribution in [0.1, 0.15) is 95.6 Å². The molecule has 3 aliphatic heterocycles. The van der Waals surface area contributed by atoms with E-state index in [0.29, 0.717) is 25.4 Å². The van der Waals surface area contributed by atoms with Crippen molar-refractivity contribution in [3.05, 3.63) is 29.8 Å². The molecule has 1 spiro atoms. The lowest BCUT2D eigenvalue weighted by atomic mass is 9.64. The average molecular weight is 484 g/mol. The van der Waals surface area contributed by atoms with E-state index in [1.165, 1.54) is 32.1 Å². The van der Waals surface area contributed by atoms with Gasteiger partial charge in [-0.25, -0.2) is 0 Å². The molecule has 1 N–H and O–H groups in total. The van der Waals surface area contributed by atoms with Gasteiger partial charge >= 0.3 is 5.97 Å². The topological polar surface area (TPSA) is 76.1 Å². The molecule has 4 atom stereocenters. The highest BCUT2D eigenvalue weighted by atomic mass is 16.5. The van der Waals surface area contributed by atoms with E-state index in [0.717, 1.165) is 56.0 Å². The highest BCUT2D eigenvalue weighted by Gasteiger charge is 2.54. The molecule has 2 saturated heterocycles. The van der Waals surface area contributed by atoms with Gasteiger partial charge in [-0.2, -0.15) is 0 Å². The number of likely N-dealkylation sites (tertiary alicyclic amines) is 1. The first kappa shape index (κ1) is 24.6. The molecule has 3 heterocycles. The third-order valence-corrected chi connectivity index (χ3v) is 9.28. The van der Waals surface area contributed by atoms with Crippen molar-refractivity contribution in [2.24, 2.45) is 17.3 Å². The van der Waals surface area contributed by atoms with Gasteiger partial charge in [-0.3, -0.25) is 9.59 Å². The summed E-state index contributed by atoms with van der Waals surface area (Å²) in [6.45, 7) is 4.29. The number of para-hydroxylation sites is 1. The summed E-state index contributed by atoms with van der Waals surface area (Å²) in [5, 5.41) is 9.40. The molecule has 6 nitrogen and oxygen atoms in total. The minimum Gasteiger partial charge on any atom is -0.487 e. The minimum atomic E-state index is -0.802. The zero-order chi connectivity index (χ0) is 24.5. The molecular weight excluding hydrogens is 442 g/mol. The molecular formula is C29H41NO5. The number of aliphatic carboxylic acids is 1. The summed E-state index contributed by atoms with van der Waals surface area (Å²) in [5.41, 5.74) is 0.370. The molecule has 4 aliphatic rings. The van der Waals surface area contributed by atoms with Crippen LogP contribution < -0.4 is 4.74 Å². The summed E-state index contributed by atoms with van der Waals surface area (Å²) in [5.74, 6) is 1.09. The van der Waals surface area contributed by atoms with Crippen molar-refractivity contribution in [2.45, 2.75) is 95.7 Å². The van der Waals surface area contributed by atoms with Crippen molar-refractivity contribution in [1.82, 2.24) is 4.90 Å². The van der Waals surface area contributed by atoms with E-state index in [-0.39, 0.29) is 23.9 Å². The number of carbonyl (C=O) groups excluding carboxylic acids is 1. The van der Waals surface area contributed by atoms with Crippen LogP contribution in [0.25, 0.3) is 0 Å². The molecule has 3 fully saturated rings. The molecule has 1 saturated carbocycles. The third-order valence-electron chi connectivity index (χ3n) is 9.28. The van der Waals surface area contributed by atoms with Gasteiger partial charge in [0.1, 0.15) is 11.4 Å². The summed E-state index contributed by atoms with van der Waals surface area (Å²) in [6.07, 6.45) is 11.6. The zero-order valence-corrected chi connectivity index (χ0v) is 21.2. The number of carboxylic acids is 1. The number of carboxylic acid groups (broad SMARTS) is 1. The van der Waals surface area contributed by atoms with Crippen LogP contribution in [0.4, 0.5) is 0 Å². The lowest BCUT2D eigenvalue weighted by molar-refractivity contribution is -0.185. The molecule has 1 aromatic rings. The lowest BCUT2D eigenvalue weighted by Gasteiger charge is -2.55. The number of hydrogen-bond donors (Lipinski definition) is 1. The van der Waals surface area contributed by atoms with E-state index in [4.69, 9.17) is 9.47 Å². The maximum Gasteiger partial charge on any atom is 0.303 e. The number of amides is 1. The second-order valence-corrected chi connectivity index (χ2v) is 11.9. The Balaban J connectivity index is 1.30. The summed E-state index contributed by atoms with van der Waals surface area (Å²) in [7, 11) is 0. The highest BCUT2D eigenvalue weighted by Crippen LogP contribution is 2.56. The summed E-state index contributed by atoms with van der Waals surface area (Å²) in [4.78, 5) is 26.8. The number of benzene rings is 1. The lowest BCUT2D eigenvalue weighted by Crippen LogP contribution is -2.57. The van der Waals surface area contributed by atoms with E-state index < -0.39 is 11.6 Å². The smallest absolute Gasteiger partial charge is 0.303 e. The van der Waals surface area contributed by atoms with Crippen LogP contribution in [0, 0.1) is 17.3 Å². The summed E-state index contributed by atoms with van der Waals surface area (Å²) in [6, 6.07) is 8.01. The predicted molar refractivity (Wildman–Crippen MR) is 133 cm³/mol. The van der Waals surface area contributed by atoms with E-state index in [1.807, 2.05) is 18.2 Å². The molecule has 35 heavy (non-hydrogen) atoms. The van der Waals surface area contributed by atoms with Gasteiger partial charge in [-0.15, -0.1) is 0 Å². The van der Waals surface area contributed by atoms with Crippen LogP contribution in [-0.2, 0) is 14.3 Å². The normalized spacial score (nSPS) is 33.0. The molecule has 0 aromatic heterocycles. The van der Waals surface area contributed by atoms with Crippen molar-refractivity contribution < 1.29 is 24.2 Å². The molecule has 5 rings (SSSR count). The largest absolute Gasteiger partial charge is 0.487 e. The van der Waals surface area contributed by atoms with Gasteiger partial charge in [0, 0.05) is 42.8 Å². The van der Waals surface area contributed by atoms with Crippen LogP contribution in [0.15, 0.2) is 24.3 Å². The number of nitrogens with zero attached hydrogens (tertiary/aromatic N) is 1. The monoisotopic (exact) mass is 483 g/mol. The third kappa shape index (κ3) is 5.23. The maximum atomic E-state index is 13.2. The number of rotatable bonds is 6. The van der Waals surface area contributed by atoms with Gasteiger partial charge in [0.2, 0.25) is 5.91 Å². The van der Waals surface area contributed by atoms with Crippen LogP contribution in [0.2, 0.25) is 0 Å². The Bertz CT molecular complexity index is 927. The first-order valence-corrected chi connectivity index (χ1v) is 13.8. The molecule has 0 radical (unpaired) electrons. The predicted octanol–water partition coefficient (Wildman–Crippen LogP) is 5.75. The van der Waals surface area contributed by atoms with Gasteiger partial charge < -0.3 is 19.5 Å². The van der Waals surface area contributed by atoms with Gasteiger partial charge in [0.15, 0.2) is 0 Å². The van der Waals surface area contributed by atoms with Crippen LogP contribution in [-0.4, -0.2) is 47.2 Å². The van der Waals surface area contributed by atoms with E-state index in [1.54, 1.807) is 0 Å². The van der Waals surface area contributed by atoms with Gasteiger partial charge in [-0.05, 0) is 51.0 Å². The number of piperidine rings is 1. The van der Waals surface area contributed by atoms with E-state index >= 15 is 0 Å². The molecule has 1 amide bonds. The second kappa shape index (κ2) is 10.1. The number of hydrogen-bond acceptors (Lipinski definition) is 4. The van der Waals surface area contributed by atoms with Crippen molar-refractivity contribution in [3.63, 3.8) is 0 Å². The number of carbonyl (C=O) groups is 2. The quantitative estimate of drug-likeness (QED) is 0.558. The molecule has 6 heteroatoms. The van der Waals surface area contributed by atoms with Crippen LogP contribution in [0.5, 0.6) is 5.75 Å². The Kier molecular flexibility index (Phi) is 7.11. The Morgan fingerprint density at radius 1 is 1.11 bits per heavy atom. The second-order valence-electron chi connectivity index (χ2n) is 11.9. The average Bonchev–Trinajstić information content (AvgIpc) is 2.87. The fraction of sp³-hybridized carbons (Fsp3) is 0.724. The molecule has 192 valence electrons.